The molecule has 0 atom stereocenters. The van der Waals surface area contributed by atoms with Crippen molar-refractivity contribution in [3.63, 3.8) is 0 Å². The van der Waals surface area contributed by atoms with E-state index < -0.39 is 0 Å². The van der Waals surface area contributed by atoms with Crippen LogP contribution < -0.4 is 5.32 Å². The Kier molecular flexibility index (Phi) is 5.53. The van der Waals surface area contributed by atoms with Gasteiger partial charge in [-0.3, -0.25) is 4.79 Å². The second-order valence-electron chi connectivity index (χ2n) is 4.90. The number of hydrogen-bond donors (Lipinski definition) is 2. The number of aliphatic hydroxyl groups excluding tert-OH is 1. The summed E-state index contributed by atoms with van der Waals surface area (Å²) in [6.07, 6.45) is 2.86. The summed E-state index contributed by atoms with van der Waals surface area (Å²) in [6, 6.07) is 3.41. The molecule has 2 N–H and O–H groups in total. The van der Waals surface area contributed by atoms with Crippen LogP contribution in [0.1, 0.15) is 49.7 Å². The van der Waals surface area contributed by atoms with Gasteiger partial charge in [0.15, 0.2) is 0 Å². The molecular formula is C15H20N2O2. The third-order valence-corrected chi connectivity index (χ3v) is 2.80. The standard InChI is InChI=1S/C15H20N2O2/c1-4-15(2,3)17-14(19)13-9-8-12(11-16-13)7-5-6-10-18/h8-9,11,18H,4,6,10H2,1-3H3,(H,17,19). The van der Waals surface area contributed by atoms with Crippen LogP contribution in [-0.2, 0) is 0 Å². The van der Waals surface area contributed by atoms with E-state index in [1.807, 2.05) is 20.8 Å². The first kappa shape index (κ1) is 15.2. The van der Waals surface area contributed by atoms with Crippen LogP contribution in [0.3, 0.4) is 0 Å². The molecule has 0 fully saturated rings. The topological polar surface area (TPSA) is 62.2 Å². The van der Waals surface area contributed by atoms with Crippen LogP contribution in [0.25, 0.3) is 0 Å². The Morgan fingerprint density at radius 1 is 1.47 bits per heavy atom. The van der Waals surface area contributed by atoms with Gasteiger partial charge < -0.3 is 10.4 Å². The number of aromatic nitrogens is 1. The molecule has 0 bridgehead atoms. The third kappa shape index (κ3) is 5.11. The molecule has 4 heteroatoms. The van der Waals surface area contributed by atoms with Crippen LogP contribution in [0.5, 0.6) is 0 Å². The van der Waals surface area contributed by atoms with Crippen LogP contribution in [0.2, 0.25) is 0 Å². The van der Waals surface area contributed by atoms with Crippen molar-refractivity contribution in [2.75, 3.05) is 6.61 Å². The molecule has 1 amide bonds. The molecule has 0 saturated heterocycles. The number of carbonyl (C=O) groups is 1. The number of rotatable bonds is 4. The molecule has 0 unspecified atom stereocenters. The van der Waals surface area contributed by atoms with Gasteiger partial charge in [0, 0.05) is 23.7 Å². The van der Waals surface area contributed by atoms with Crippen molar-refractivity contribution in [3.05, 3.63) is 29.6 Å². The highest BCUT2D eigenvalue weighted by Gasteiger charge is 2.19. The van der Waals surface area contributed by atoms with Gasteiger partial charge in [-0.2, -0.15) is 0 Å². The van der Waals surface area contributed by atoms with Crippen molar-refractivity contribution >= 4 is 5.91 Å². The normalized spacial score (nSPS) is 10.5. The zero-order valence-corrected chi connectivity index (χ0v) is 11.7. The van der Waals surface area contributed by atoms with Crippen LogP contribution >= 0.6 is 0 Å². The lowest BCUT2D eigenvalue weighted by Crippen LogP contribution is -2.43. The maximum Gasteiger partial charge on any atom is 0.270 e. The lowest BCUT2D eigenvalue weighted by molar-refractivity contribution is 0.0906. The Morgan fingerprint density at radius 2 is 2.21 bits per heavy atom. The van der Waals surface area contributed by atoms with E-state index in [9.17, 15) is 4.79 Å². The second-order valence-corrected chi connectivity index (χ2v) is 4.90. The molecule has 1 aromatic rings. The zero-order valence-electron chi connectivity index (χ0n) is 11.7. The minimum absolute atomic E-state index is 0.0486. The van der Waals surface area contributed by atoms with E-state index in [-0.39, 0.29) is 18.1 Å². The van der Waals surface area contributed by atoms with Crippen molar-refractivity contribution in [1.29, 1.82) is 0 Å². The molecule has 1 rings (SSSR count). The van der Waals surface area contributed by atoms with Gasteiger partial charge >= 0.3 is 0 Å². The summed E-state index contributed by atoms with van der Waals surface area (Å²) in [5.74, 6) is 5.49. The Bertz CT molecular complexity index is 481. The number of nitrogens with one attached hydrogen (secondary N) is 1. The van der Waals surface area contributed by atoms with Crippen LogP contribution in [0.4, 0.5) is 0 Å². The first-order chi connectivity index (χ1) is 8.98. The molecule has 0 radical (unpaired) electrons. The van der Waals surface area contributed by atoms with Gasteiger partial charge in [0.25, 0.3) is 5.91 Å². The smallest absolute Gasteiger partial charge is 0.270 e. The molecule has 19 heavy (non-hydrogen) atoms. The van der Waals surface area contributed by atoms with Crippen LogP contribution in [0.15, 0.2) is 18.3 Å². The van der Waals surface area contributed by atoms with Crippen LogP contribution in [0, 0.1) is 11.8 Å². The van der Waals surface area contributed by atoms with Gasteiger partial charge in [-0.15, -0.1) is 0 Å². The fourth-order valence-electron chi connectivity index (χ4n) is 1.28. The largest absolute Gasteiger partial charge is 0.395 e. The van der Waals surface area contributed by atoms with Crippen molar-refractivity contribution in [2.45, 2.75) is 39.2 Å². The fraction of sp³-hybridized carbons (Fsp3) is 0.467. The van der Waals surface area contributed by atoms with E-state index in [1.54, 1.807) is 18.3 Å². The molecule has 0 aliphatic carbocycles. The van der Waals surface area contributed by atoms with E-state index in [0.29, 0.717) is 12.1 Å². The molecule has 0 aromatic carbocycles. The number of aliphatic hydroxyl groups is 1. The molecule has 1 heterocycles. The van der Waals surface area contributed by atoms with Gasteiger partial charge in [0.1, 0.15) is 5.69 Å². The number of pyridine rings is 1. The van der Waals surface area contributed by atoms with E-state index in [0.717, 1.165) is 12.0 Å². The Labute approximate surface area is 114 Å². The lowest BCUT2D eigenvalue weighted by atomic mass is 10.0. The van der Waals surface area contributed by atoms with E-state index in [1.165, 1.54) is 0 Å². The highest BCUT2D eigenvalue weighted by molar-refractivity contribution is 5.92. The minimum Gasteiger partial charge on any atom is -0.395 e. The molecule has 0 saturated carbocycles. The van der Waals surface area contributed by atoms with Gasteiger partial charge in [0.2, 0.25) is 0 Å². The predicted molar refractivity (Wildman–Crippen MR) is 74.7 cm³/mol. The quantitative estimate of drug-likeness (QED) is 0.810. The minimum atomic E-state index is -0.238. The maximum atomic E-state index is 11.9. The monoisotopic (exact) mass is 260 g/mol. The fourth-order valence-corrected chi connectivity index (χ4v) is 1.28. The lowest BCUT2D eigenvalue weighted by Gasteiger charge is -2.24. The van der Waals surface area contributed by atoms with E-state index in [4.69, 9.17) is 5.11 Å². The summed E-state index contributed by atoms with van der Waals surface area (Å²) in [7, 11) is 0. The van der Waals surface area contributed by atoms with Crippen molar-refractivity contribution in [1.82, 2.24) is 10.3 Å². The zero-order chi connectivity index (χ0) is 14.3. The Balaban J connectivity index is 2.72. The predicted octanol–water partition coefficient (Wildman–Crippen LogP) is 1.73. The van der Waals surface area contributed by atoms with Gasteiger partial charge in [0.05, 0.1) is 6.61 Å². The van der Waals surface area contributed by atoms with Crippen molar-refractivity contribution in [2.24, 2.45) is 0 Å². The molecule has 102 valence electrons. The number of amides is 1. The van der Waals surface area contributed by atoms with Gasteiger partial charge in [-0.1, -0.05) is 18.8 Å². The summed E-state index contributed by atoms with van der Waals surface area (Å²) < 4.78 is 0. The average molecular weight is 260 g/mol. The molecule has 0 aliphatic rings. The highest BCUT2D eigenvalue weighted by atomic mass is 16.2. The number of nitrogens with zero attached hydrogens (tertiary/aromatic N) is 1. The SMILES string of the molecule is CCC(C)(C)NC(=O)c1ccc(C#CCCO)cn1. The van der Waals surface area contributed by atoms with Gasteiger partial charge in [-0.25, -0.2) is 4.98 Å². The maximum absolute atomic E-state index is 11.9. The summed E-state index contributed by atoms with van der Waals surface area (Å²) in [5, 5.41) is 11.5. The molecule has 1 aromatic heterocycles. The summed E-state index contributed by atoms with van der Waals surface area (Å²) in [5.41, 5.74) is 0.882. The van der Waals surface area contributed by atoms with Gasteiger partial charge in [-0.05, 0) is 32.4 Å². The first-order valence-corrected chi connectivity index (χ1v) is 6.37. The first-order valence-electron chi connectivity index (χ1n) is 6.37. The summed E-state index contributed by atoms with van der Waals surface area (Å²) in [6.45, 7) is 6.01. The van der Waals surface area contributed by atoms with Crippen molar-refractivity contribution in [3.8, 4) is 11.8 Å². The second kappa shape index (κ2) is 6.91. The Morgan fingerprint density at radius 3 is 2.74 bits per heavy atom. The van der Waals surface area contributed by atoms with E-state index >= 15 is 0 Å². The number of hydrogen-bond acceptors (Lipinski definition) is 3. The van der Waals surface area contributed by atoms with Crippen LogP contribution in [-0.4, -0.2) is 28.1 Å². The van der Waals surface area contributed by atoms with E-state index in [2.05, 4.69) is 22.1 Å². The average Bonchev–Trinajstić information content (AvgIpc) is 2.39. The molecular weight excluding hydrogens is 240 g/mol. The molecule has 0 aliphatic heterocycles. The Hall–Kier alpha value is -1.86. The summed E-state index contributed by atoms with van der Waals surface area (Å²) >= 11 is 0. The summed E-state index contributed by atoms with van der Waals surface area (Å²) in [4.78, 5) is 16.0. The molecule has 4 nitrogen and oxygen atoms in total. The van der Waals surface area contributed by atoms with Crippen molar-refractivity contribution < 1.29 is 9.90 Å². The third-order valence-electron chi connectivity index (χ3n) is 2.80. The number of carbonyl (C=O) groups excluding carboxylic acids is 1. The molecule has 0 spiro atoms. The highest BCUT2D eigenvalue weighted by Crippen LogP contribution is 2.08.